The molecule has 0 radical (unpaired) electrons. The topological polar surface area (TPSA) is 38.5 Å². The Kier molecular flexibility index (Phi) is 3.72. The van der Waals surface area contributed by atoms with Crippen LogP contribution >= 0.6 is 0 Å². The van der Waals surface area contributed by atoms with Crippen LogP contribution in [0.25, 0.3) is 0 Å². The maximum atomic E-state index is 6.29. The van der Waals surface area contributed by atoms with Gasteiger partial charge in [-0.25, -0.2) is 0 Å². The number of likely N-dealkylation sites (N-methyl/N-ethyl adjacent to an activating group) is 1. The molecule has 0 fully saturated rings. The lowest BCUT2D eigenvalue weighted by Crippen LogP contribution is -2.43. The average molecular weight is 208 g/mol. The molecule has 1 rings (SSSR count). The molecule has 0 saturated heterocycles. The molecule has 15 heavy (non-hydrogen) atoms. The number of para-hydroxylation sites is 1. The van der Waals surface area contributed by atoms with E-state index in [2.05, 4.69) is 4.90 Å². The zero-order valence-corrected chi connectivity index (χ0v) is 9.95. The van der Waals surface area contributed by atoms with Crippen LogP contribution in [0.4, 0.5) is 0 Å². The van der Waals surface area contributed by atoms with E-state index in [0.717, 1.165) is 17.9 Å². The van der Waals surface area contributed by atoms with E-state index in [4.69, 9.17) is 10.5 Å². The van der Waals surface area contributed by atoms with Gasteiger partial charge in [-0.05, 0) is 27.1 Å². The fourth-order valence-corrected chi connectivity index (χ4v) is 1.86. The minimum Gasteiger partial charge on any atom is -0.496 e. The molecule has 1 atom stereocenters. The molecule has 1 unspecified atom stereocenters. The number of hydrogen-bond acceptors (Lipinski definition) is 3. The van der Waals surface area contributed by atoms with E-state index in [-0.39, 0.29) is 0 Å². The van der Waals surface area contributed by atoms with Gasteiger partial charge < -0.3 is 15.4 Å². The molecule has 2 N–H and O–H groups in total. The van der Waals surface area contributed by atoms with Crippen molar-refractivity contribution in [3.8, 4) is 5.75 Å². The van der Waals surface area contributed by atoms with Gasteiger partial charge in [0.2, 0.25) is 0 Å². The summed E-state index contributed by atoms with van der Waals surface area (Å²) in [5, 5.41) is 0. The first-order valence-corrected chi connectivity index (χ1v) is 5.04. The number of nitrogens with two attached hydrogens (primary N) is 1. The van der Waals surface area contributed by atoms with Crippen molar-refractivity contribution in [2.45, 2.75) is 12.5 Å². The van der Waals surface area contributed by atoms with Gasteiger partial charge in [-0.1, -0.05) is 18.2 Å². The number of methoxy groups -OCH3 is 1. The summed E-state index contributed by atoms with van der Waals surface area (Å²) in [4.78, 5) is 2.08. The zero-order chi connectivity index (χ0) is 11.5. The smallest absolute Gasteiger partial charge is 0.123 e. The second-order valence-electron chi connectivity index (χ2n) is 4.36. The van der Waals surface area contributed by atoms with Crippen molar-refractivity contribution >= 4 is 0 Å². The number of hydrogen-bond donors (Lipinski definition) is 1. The molecule has 0 aliphatic heterocycles. The van der Waals surface area contributed by atoms with Gasteiger partial charge in [-0.2, -0.15) is 0 Å². The monoisotopic (exact) mass is 208 g/mol. The van der Waals surface area contributed by atoms with Crippen LogP contribution in [0, 0.1) is 0 Å². The van der Waals surface area contributed by atoms with E-state index in [1.165, 1.54) is 0 Å². The summed E-state index contributed by atoms with van der Waals surface area (Å²) in [6.07, 6.45) is 0. The highest BCUT2D eigenvalue weighted by Crippen LogP contribution is 2.27. The fraction of sp³-hybridized carbons (Fsp3) is 0.500. The summed E-state index contributed by atoms with van der Waals surface area (Å²) >= 11 is 0. The van der Waals surface area contributed by atoms with Crippen molar-refractivity contribution in [3.05, 3.63) is 29.8 Å². The molecule has 0 aliphatic carbocycles. The molecular weight excluding hydrogens is 188 g/mol. The quantitative estimate of drug-likeness (QED) is 0.813. The third kappa shape index (κ3) is 2.94. The predicted molar refractivity (Wildman–Crippen MR) is 63.1 cm³/mol. The van der Waals surface area contributed by atoms with Crippen LogP contribution in [0.3, 0.4) is 0 Å². The second kappa shape index (κ2) is 4.64. The third-order valence-electron chi connectivity index (χ3n) is 2.37. The molecule has 0 bridgehead atoms. The minimum absolute atomic E-state index is 0.393. The molecule has 0 spiro atoms. The maximum absolute atomic E-state index is 6.29. The fourth-order valence-electron chi connectivity index (χ4n) is 1.86. The lowest BCUT2D eigenvalue weighted by molar-refractivity contribution is 0.294. The molecule has 3 heteroatoms. The predicted octanol–water partition coefficient (Wildman–Crippen LogP) is 1.43. The second-order valence-corrected chi connectivity index (χ2v) is 4.36. The number of benzene rings is 1. The molecule has 0 saturated carbocycles. The Morgan fingerprint density at radius 2 is 1.93 bits per heavy atom. The normalized spacial score (nSPS) is 15.1. The Morgan fingerprint density at radius 1 is 1.33 bits per heavy atom. The largest absolute Gasteiger partial charge is 0.496 e. The van der Waals surface area contributed by atoms with Crippen LogP contribution in [0.2, 0.25) is 0 Å². The summed E-state index contributed by atoms with van der Waals surface area (Å²) in [5.41, 5.74) is 6.94. The lowest BCUT2D eigenvalue weighted by atomic mass is 9.92. The Hall–Kier alpha value is -1.06. The first-order chi connectivity index (χ1) is 6.97. The summed E-state index contributed by atoms with van der Waals surface area (Å²) < 4.78 is 5.31. The standard InChI is InChI=1S/C12H20N2O/c1-12(13,9-14(2)3)10-7-5-6-8-11(10)15-4/h5-8H,9,13H2,1-4H3. The van der Waals surface area contributed by atoms with E-state index in [1.54, 1.807) is 7.11 Å². The molecule has 0 heterocycles. The van der Waals surface area contributed by atoms with Crippen molar-refractivity contribution in [1.82, 2.24) is 4.90 Å². The van der Waals surface area contributed by atoms with Crippen LogP contribution < -0.4 is 10.5 Å². The lowest BCUT2D eigenvalue weighted by Gasteiger charge is -2.29. The van der Waals surface area contributed by atoms with Crippen LogP contribution in [0.5, 0.6) is 5.75 Å². The molecule has 3 nitrogen and oxygen atoms in total. The van der Waals surface area contributed by atoms with Crippen molar-refractivity contribution in [2.75, 3.05) is 27.7 Å². The van der Waals surface area contributed by atoms with Crippen LogP contribution in [0.1, 0.15) is 12.5 Å². The Morgan fingerprint density at radius 3 is 2.47 bits per heavy atom. The van der Waals surface area contributed by atoms with Crippen molar-refractivity contribution in [1.29, 1.82) is 0 Å². The van der Waals surface area contributed by atoms with E-state index in [0.29, 0.717) is 0 Å². The van der Waals surface area contributed by atoms with E-state index in [1.807, 2.05) is 45.3 Å². The van der Waals surface area contributed by atoms with Gasteiger partial charge in [0.1, 0.15) is 5.75 Å². The van der Waals surface area contributed by atoms with Crippen molar-refractivity contribution < 1.29 is 4.74 Å². The van der Waals surface area contributed by atoms with E-state index >= 15 is 0 Å². The first kappa shape index (κ1) is 12.0. The third-order valence-corrected chi connectivity index (χ3v) is 2.37. The summed E-state index contributed by atoms with van der Waals surface area (Å²) in [7, 11) is 5.70. The maximum Gasteiger partial charge on any atom is 0.123 e. The van der Waals surface area contributed by atoms with Crippen molar-refractivity contribution in [2.24, 2.45) is 5.73 Å². The molecule has 0 aliphatic rings. The number of ether oxygens (including phenoxy) is 1. The molecule has 1 aromatic carbocycles. The van der Waals surface area contributed by atoms with Gasteiger partial charge in [0, 0.05) is 12.1 Å². The van der Waals surface area contributed by atoms with Gasteiger partial charge in [0.15, 0.2) is 0 Å². The van der Waals surface area contributed by atoms with Gasteiger partial charge in [0.05, 0.1) is 12.6 Å². The molecule has 0 amide bonds. The van der Waals surface area contributed by atoms with Gasteiger partial charge in [-0.15, -0.1) is 0 Å². The SMILES string of the molecule is COc1ccccc1C(C)(N)CN(C)C. The van der Waals surface area contributed by atoms with Crippen LogP contribution in [0.15, 0.2) is 24.3 Å². The molecule has 1 aromatic rings. The summed E-state index contributed by atoms with van der Waals surface area (Å²) in [6.45, 7) is 2.80. The van der Waals surface area contributed by atoms with E-state index in [9.17, 15) is 0 Å². The van der Waals surface area contributed by atoms with Crippen molar-refractivity contribution in [3.63, 3.8) is 0 Å². The minimum atomic E-state index is -0.393. The summed E-state index contributed by atoms with van der Waals surface area (Å²) in [6, 6.07) is 7.89. The van der Waals surface area contributed by atoms with E-state index < -0.39 is 5.54 Å². The number of nitrogens with zero attached hydrogens (tertiary/aromatic N) is 1. The summed E-state index contributed by atoms with van der Waals surface area (Å²) in [5.74, 6) is 0.851. The Bertz CT molecular complexity index is 321. The Labute approximate surface area is 91.8 Å². The highest BCUT2D eigenvalue weighted by atomic mass is 16.5. The van der Waals surface area contributed by atoms with Gasteiger partial charge in [-0.3, -0.25) is 0 Å². The molecule has 84 valence electrons. The van der Waals surface area contributed by atoms with Gasteiger partial charge in [0.25, 0.3) is 0 Å². The van der Waals surface area contributed by atoms with Crippen LogP contribution in [-0.4, -0.2) is 32.6 Å². The first-order valence-electron chi connectivity index (χ1n) is 5.04. The van der Waals surface area contributed by atoms with Crippen LogP contribution in [-0.2, 0) is 5.54 Å². The average Bonchev–Trinajstić information content (AvgIpc) is 2.16. The highest BCUT2D eigenvalue weighted by molar-refractivity contribution is 5.38. The zero-order valence-electron chi connectivity index (χ0n) is 9.95. The number of rotatable bonds is 4. The molecular formula is C12H20N2O. The molecule has 0 aromatic heterocycles. The van der Waals surface area contributed by atoms with Gasteiger partial charge >= 0.3 is 0 Å². The highest BCUT2D eigenvalue weighted by Gasteiger charge is 2.25. The Balaban J connectivity index is 3.02.